The Morgan fingerprint density at radius 2 is 1.81 bits per heavy atom. The fourth-order valence-electron chi connectivity index (χ4n) is 1.44. The van der Waals surface area contributed by atoms with Crippen molar-refractivity contribution in [1.82, 2.24) is 5.32 Å². The van der Waals surface area contributed by atoms with Gasteiger partial charge >= 0.3 is 0 Å². The summed E-state index contributed by atoms with van der Waals surface area (Å²) in [7, 11) is -6.94. The standard InChI is InChI=1S/C7H15NO6S2/c1-15(9,10)13-5-6-3-7(4-8-6)14-16(2,11)12/h6-8H,3-5H2,1-2H3/t6-,7+/m0/s1. The normalized spacial score (nSPS) is 27.1. The zero-order valence-corrected chi connectivity index (χ0v) is 10.7. The fraction of sp³-hybridized carbons (Fsp3) is 1.00. The summed E-state index contributed by atoms with van der Waals surface area (Å²) in [5.41, 5.74) is 0. The lowest BCUT2D eigenvalue weighted by Crippen LogP contribution is -2.27. The van der Waals surface area contributed by atoms with Crippen molar-refractivity contribution in [2.24, 2.45) is 0 Å². The van der Waals surface area contributed by atoms with Crippen molar-refractivity contribution in [3.63, 3.8) is 0 Å². The maximum atomic E-state index is 10.8. The summed E-state index contributed by atoms with van der Waals surface area (Å²) in [4.78, 5) is 0. The van der Waals surface area contributed by atoms with Crippen LogP contribution in [0.15, 0.2) is 0 Å². The Morgan fingerprint density at radius 3 is 2.31 bits per heavy atom. The van der Waals surface area contributed by atoms with Gasteiger partial charge in [-0.05, 0) is 6.42 Å². The van der Waals surface area contributed by atoms with Crippen molar-refractivity contribution < 1.29 is 25.2 Å². The molecule has 1 heterocycles. The lowest BCUT2D eigenvalue weighted by Gasteiger charge is -2.09. The van der Waals surface area contributed by atoms with Crippen LogP contribution in [0.2, 0.25) is 0 Å². The summed E-state index contributed by atoms with van der Waals surface area (Å²) in [6.45, 7) is 0.354. The Balaban J connectivity index is 2.36. The Bertz CT molecular complexity index is 428. The summed E-state index contributed by atoms with van der Waals surface area (Å²) < 4.78 is 52.5. The van der Waals surface area contributed by atoms with Crippen LogP contribution in [0, 0.1) is 0 Å². The van der Waals surface area contributed by atoms with Gasteiger partial charge < -0.3 is 5.32 Å². The topological polar surface area (TPSA) is 98.8 Å². The zero-order valence-electron chi connectivity index (χ0n) is 9.04. The van der Waals surface area contributed by atoms with E-state index in [1.807, 2.05) is 0 Å². The van der Waals surface area contributed by atoms with Crippen molar-refractivity contribution >= 4 is 20.2 Å². The van der Waals surface area contributed by atoms with Crippen LogP contribution in [-0.2, 0) is 28.6 Å². The van der Waals surface area contributed by atoms with Gasteiger partial charge in [0, 0.05) is 12.6 Å². The molecule has 1 aliphatic heterocycles. The number of rotatable bonds is 5. The second-order valence-corrected chi connectivity index (χ2v) is 7.00. The highest BCUT2D eigenvalue weighted by Gasteiger charge is 2.28. The maximum Gasteiger partial charge on any atom is 0.264 e. The summed E-state index contributed by atoms with van der Waals surface area (Å²) in [6, 6.07) is -0.207. The van der Waals surface area contributed by atoms with Crippen LogP contribution in [0.25, 0.3) is 0 Å². The summed E-state index contributed by atoms with van der Waals surface area (Å²) >= 11 is 0. The van der Waals surface area contributed by atoms with E-state index in [4.69, 9.17) is 4.18 Å². The molecule has 0 spiro atoms. The monoisotopic (exact) mass is 273 g/mol. The molecule has 0 unspecified atom stereocenters. The van der Waals surface area contributed by atoms with Gasteiger partial charge in [-0.3, -0.25) is 8.37 Å². The molecular formula is C7H15NO6S2. The highest BCUT2D eigenvalue weighted by Crippen LogP contribution is 2.13. The van der Waals surface area contributed by atoms with E-state index < -0.39 is 26.3 Å². The summed E-state index contributed by atoms with van der Waals surface area (Å²) in [5, 5.41) is 2.92. The van der Waals surface area contributed by atoms with E-state index in [9.17, 15) is 16.8 Å². The van der Waals surface area contributed by atoms with Crippen LogP contribution in [0.4, 0.5) is 0 Å². The second kappa shape index (κ2) is 4.96. The lowest BCUT2D eigenvalue weighted by atomic mass is 10.2. The minimum absolute atomic E-state index is 0.0115. The largest absolute Gasteiger partial charge is 0.309 e. The molecular weight excluding hydrogens is 258 g/mol. The van der Waals surface area contributed by atoms with E-state index in [1.165, 1.54) is 0 Å². The third kappa shape index (κ3) is 5.75. The Labute approximate surface area is 95.4 Å². The Kier molecular flexibility index (Phi) is 4.29. The third-order valence-corrected chi connectivity index (χ3v) is 3.16. The summed E-state index contributed by atoms with van der Waals surface area (Å²) in [5.74, 6) is 0. The van der Waals surface area contributed by atoms with E-state index in [0.717, 1.165) is 12.5 Å². The van der Waals surface area contributed by atoms with E-state index in [-0.39, 0.29) is 12.6 Å². The number of nitrogens with one attached hydrogen (secondary N) is 1. The first kappa shape index (κ1) is 13.8. The molecule has 2 atom stereocenters. The quantitative estimate of drug-likeness (QED) is 0.619. The SMILES string of the molecule is CS(=O)(=O)OC[C@@H]1C[C@@H](OS(C)(=O)=O)CN1. The van der Waals surface area contributed by atoms with Gasteiger partial charge in [0.2, 0.25) is 0 Å². The number of hydrogen-bond acceptors (Lipinski definition) is 7. The Hall–Kier alpha value is -0.220. The second-order valence-electron chi connectivity index (χ2n) is 3.75. The molecule has 96 valence electrons. The molecule has 1 aliphatic rings. The van der Waals surface area contributed by atoms with Gasteiger partial charge in [-0.25, -0.2) is 0 Å². The first-order chi connectivity index (χ1) is 7.16. The predicted octanol–water partition coefficient (Wildman–Crippen LogP) is -1.33. The molecule has 1 fully saturated rings. The molecule has 0 aromatic heterocycles. The van der Waals surface area contributed by atoms with Crippen molar-refractivity contribution in [2.45, 2.75) is 18.6 Å². The molecule has 7 nitrogen and oxygen atoms in total. The van der Waals surface area contributed by atoms with Gasteiger partial charge in [-0.1, -0.05) is 0 Å². The van der Waals surface area contributed by atoms with Gasteiger partial charge in [-0.15, -0.1) is 0 Å². The van der Waals surface area contributed by atoms with Crippen LogP contribution in [0.5, 0.6) is 0 Å². The van der Waals surface area contributed by atoms with Crippen molar-refractivity contribution in [1.29, 1.82) is 0 Å². The van der Waals surface area contributed by atoms with Gasteiger partial charge in [0.1, 0.15) is 0 Å². The molecule has 0 aliphatic carbocycles. The maximum absolute atomic E-state index is 10.8. The molecule has 0 radical (unpaired) electrons. The molecule has 0 aromatic carbocycles. The smallest absolute Gasteiger partial charge is 0.264 e. The fourth-order valence-corrected chi connectivity index (χ4v) is 2.49. The highest BCUT2D eigenvalue weighted by molar-refractivity contribution is 7.86. The van der Waals surface area contributed by atoms with Crippen molar-refractivity contribution in [3.05, 3.63) is 0 Å². The van der Waals surface area contributed by atoms with Gasteiger partial charge in [0.05, 0.1) is 25.2 Å². The molecule has 0 saturated carbocycles. The summed E-state index contributed by atoms with van der Waals surface area (Å²) in [6.07, 6.45) is 1.89. The van der Waals surface area contributed by atoms with Crippen LogP contribution < -0.4 is 5.32 Å². The third-order valence-electron chi connectivity index (χ3n) is 1.98. The van der Waals surface area contributed by atoms with Gasteiger partial charge in [0.25, 0.3) is 20.2 Å². The first-order valence-electron chi connectivity index (χ1n) is 4.62. The Morgan fingerprint density at radius 1 is 1.19 bits per heavy atom. The van der Waals surface area contributed by atoms with Gasteiger partial charge in [-0.2, -0.15) is 16.8 Å². The van der Waals surface area contributed by atoms with E-state index >= 15 is 0 Å². The average molecular weight is 273 g/mol. The molecule has 1 N–H and O–H groups in total. The van der Waals surface area contributed by atoms with Gasteiger partial charge in [0.15, 0.2) is 0 Å². The van der Waals surface area contributed by atoms with Crippen LogP contribution >= 0.6 is 0 Å². The van der Waals surface area contributed by atoms with E-state index in [0.29, 0.717) is 13.0 Å². The molecule has 1 saturated heterocycles. The molecule has 0 bridgehead atoms. The molecule has 1 rings (SSSR count). The highest BCUT2D eigenvalue weighted by atomic mass is 32.2. The van der Waals surface area contributed by atoms with E-state index in [1.54, 1.807) is 0 Å². The van der Waals surface area contributed by atoms with Crippen LogP contribution in [0.3, 0.4) is 0 Å². The molecule has 16 heavy (non-hydrogen) atoms. The average Bonchev–Trinajstić information content (AvgIpc) is 2.44. The van der Waals surface area contributed by atoms with Crippen LogP contribution in [-0.4, -0.2) is 54.6 Å². The molecule has 0 aromatic rings. The van der Waals surface area contributed by atoms with Crippen molar-refractivity contribution in [2.75, 3.05) is 25.7 Å². The predicted molar refractivity (Wildman–Crippen MR) is 56.9 cm³/mol. The minimum Gasteiger partial charge on any atom is -0.309 e. The number of hydrogen-bond donors (Lipinski definition) is 1. The van der Waals surface area contributed by atoms with Crippen molar-refractivity contribution in [3.8, 4) is 0 Å². The lowest BCUT2D eigenvalue weighted by molar-refractivity contribution is 0.220. The van der Waals surface area contributed by atoms with Crippen LogP contribution in [0.1, 0.15) is 6.42 Å². The minimum atomic E-state index is -3.47. The molecule has 0 amide bonds. The first-order valence-corrected chi connectivity index (χ1v) is 8.25. The van der Waals surface area contributed by atoms with E-state index in [2.05, 4.69) is 9.50 Å². The molecule has 9 heteroatoms. The zero-order chi connectivity index (χ0) is 12.4.